The fourth-order valence-electron chi connectivity index (χ4n) is 0.674. The van der Waals surface area contributed by atoms with Crippen molar-refractivity contribution in [2.24, 2.45) is 0 Å². The topological polar surface area (TPSA) is 9.23 Å². The molecule has 0 spiro atoms. The van der Waals surface area contributed by atoms with Crippen LogP contribution in [0.5, 0.6) is 5.75 Å². The molecule has 0 aliphatic carbocycles. The summed E-state index contributed by atoms with van der Waals surface area (Å²) in [5, 5.41) is 0.566. The molecule has 1 aromatic rings. The van der Waals surface area contributed by atoms with E-state index in [9.17, 15) is 0 Å². The van der Waals surface area contributed by atoms with Crippen LogP contribution in [-0.4, -0.2) is 3.98 Å². The smallest absolute Gasteiger partial charge is 0.338 e. The highest BCUT2D eigenvalue weighted by Gasteiger charge is 2.21. The molecule has 0 fully saturated rings. The molecule has 0 atom stereocenters. The summed E-state index contributed by atoms with van der Waals surface area (Å²) < 4.78 is 3.87. The Balaban J connectivity index is 2.86. The van der Waals surface area contributed by atoms with Gasteiger partial charge in [0.2, 0.25) is 0 Å². The van der Waals surface area contributed by atoms with Gasteiger partial charge in [-0.05, 0) is 68.9 Å². The van der Waals surface area contributed by atoms with E-state index in [0.717, 1.165) is 0 Å². The molecule has 0 radical (unpaired) electrons. The van der Waals surface area contributed by atoms with Crippen molar-refractivity contribution in [3.63, 3.8) is 0 Å². The molecule has 0 aliphatic heterocycles. The van der Waals surface area contributed by atoms with Crippen LogP contribution >= 0.6 is 62.3 Å². The molecule has 1 nitrogen and oxygen atoms in total. The van der Waals surface area contributed by atoms with Gasteiger partial charge in [-0.1, -0.05) is 11.6 Å². The van der Waals surface area contributed by atoms with Crippen LogP contribution in [0.4, 0.5) is 0 Å². The highest BCUT2D eigenvalue weighted by molar-refractivity contribution is 9.10. The third kappa shape index (κ3) is 4.13. The van der Waals surface area contributed by atoms with Gasteiger partial charge in [0.05, 0.1) is 5.02 Å². The van der Waals surface area contributed by atoms with Crippen LogP contribution < -0.4 is 4.74 Å². The van der Waals surface area contributed by atoms with Crippen molar-refractivity contribution in [2.45, 2.75) is 3.98 Å². The van der Waals surface area contributed by atoms with Crippen LogP contribution in [0.2, 0.25) is 5.02 Å². The monoisotopic (exact) mass is 322 g/mol. The maximum absolute atomic E-state index is 5.75. The Morgan fingerprint density at radius 1 is 1.23 bits per heavy atom. The van der Waals surface area contributed by atoms with E-state index in [4.69, 9.17) is 51.1 Å². The first-order valence-corrected chi connectivity index (χ1v) is 5.40. The molecule has 0 aromatic heterocycles. The van der Waals surface area contributed by atoms with Crippen LogP contribution in [0.25, 0.3) is 0 Å². The third-order valence-corrected chi connectivity index (χ3v) is 2.57. The van der Waals surface area contributed by atoms with Gasteiger partial charge in [0, 0.05) is 4.47 Å². The van der Waals surface area contributed by atoms with Crippen molar-refractivity contribution in [1.82, 2.24) is 0 Å². The minimum Gasteiger partial charge on any atom is -0.446 e. The average molecular weight is 325 g/mol. The Hall–Kier alpha value is 0.660. The van der Waals surface area contributed by atoms with Crippen molar-refractivity contribution in [3.8, 4) is 5.75 Å². The van der Waals surface area contributed by atoms with Crippen molar-refractivity contribution >= 4 is 62.3 Å². The molecule has 0 unspecified atom stereocenters. The predicted octanol–water partition coefficient (Wildman–Crippen LogP) is 4.81. The molecule has 72 valence electrons. The van der Waals surface area contributed by atoms with Crippen molar-refractivity contribution < 1.29 is 4.74 Å². The summed E-state index contributed by atoms with van der Waals surface area (Å²) in [6.07, 6.45) is 0. The number of benzene rings is 1. The second-order valence-electron chi connectivity index (χ2n) is 2.12. The Bertz CT molecular complexity index is 310. The lowest BCUT2D eigenvalue weighted by molar-refractivity contribution is 0.320. The zero-order valence-electron chi connectivity index (χ0n) is 6.03. The van der Waals surface area contributed by atoms with E-state index in [1.807, 2.05) is 0 Å². The molecule has 0 N–H and O–H groups in total. The number of alkyl halides is 3. The van der Waals surface area contributed by atoms with Gasteiger partial charge in [-0.3, -0.25) is 0 Å². The Morgan fingerprint density at radius 3 is 2.31 bits per heavy atom. The van der Waals surface area contributed by atoms with Gasteiger partial charge in [0.15, 0.2) is 0 Å². The van der Waals surface area contributed by atoms with Crippen molar-refractivity contribution in [3.05, 3.63) is 27.7 Å². The molecular weight excluding hydrogens is 322 g/mol. The normalized spacial score (nSPS) is 11.5. The van der Waals surface area contributed by atoms with Gasteiger partial charge in [-0.25, -0.2) is 0 Å². The minimum atomic E-state index is -1.76. The largest absolute Gasteiger partial charge is 0.446 e. The second kappa shape index (κ2) is 4.45. The summed E-state index contributed by atoms with van der Waals surface area (Å²) in [5.41, 5.74) is 0. The maximum atomic E-state index is 5.75. The first-order valence-electron chi connectivity index (χ1n) is 3.09. The Morgan fingerprint density at radius 2 is 1.85 bits per heavy atom. The summed E-state index contributed by atoms with van der Waals surface area (Å²) in [6.45, 7) is 0. The lowest BCUT2D eigenvalue weighted by Gasteiger charge is -2.13. The Labute approximate surface area is 104 Å². The minimum absolute atomic E-state index is 0.427. The molecular formula is C7H3BrCl4O. The molecule has 13 heavy (non-hydrogen) atoms. The Kier molecular flexibility index (Phi) is 4.02. The molecule has 0 bridgehead atoms. The number of ether oxygens (including phenoxy) is 1. The fraction of sp³-hybridized carbons (Fsp3) is 0.143. The molecule has 0 amide bonds. The van der Waals surface area contributed by atoms with Crippen LogP contribution in [0.1, 0.15) is 0 Å². The predicted molar refractivity (Wildman–Crippen MR) is 60.1 cm³/mol. The maximum Gasteiger partial charge on any atom is 0.338 e. The van der Waals surface area contributed by atoms with E-state index < -0.39 is 3.98 Å². The van der Waals surface area contributed by atoms with E-state index >= 15 is 0 Å². The van der Waals surface area contributed by atoms with Crippen LogP contribution in [0.3, 0.4) is 0 Å². The van der Waals surface area contributed by atoms with Crippen LogP contribution in [-0.2, 0) is 0 Å². The molecule has 0 aliphatic rings. The molecule has 0 saturated carbocycles. The fourth-order valence-corrected chi connectivity index (χ4v) is 1.42. The van der Waals surface area contributed by atoms with Gasteiger partial charge >= 0.3 is 3.98 Å². The highest BCUT2D eigenvalue weighted by atomic mass is 79.9. The van der Waals surface area contributed by atoms with E-state index in [-0.39, 0.29) is 0 Å². The first kappa shape index (κ1) is 11.7. The van der Waals surface area contributed by atoms with Gasteiger partial charge in [0.25, 0.3) is 0 Å². The first-order chi connectivity index (χ1) is 5.88. The second-order valence-corrected chi connectivity index (χ2v) is 5.56. The van der Waals surface area contributed by atoms with Gasteiger partial charge in [0.1, 0.15) is 5.75 Å². The number of rotatable bonds is 1. The van der Waals surface area contributed by atoms with Gasteiger partial charge < -0.3 is 4.74 Å². The lowest BCUT2D eigenvalue weighted by atomic mass is 10.3. The van der Waals surface area contributed by atoms with Crippen LogP contribution in [0.15, 0.2) is 22.7 Å². The zero-order chi connectivity index (χ0) is 10.1. The average Bonchev–Trinajstić information content (AvgIpc) is 1.94. The van der Waals surface area contributed by atoms with Gasteiger partial charge in [-0.2, -0.15) is 0 Å². The molecule has 1 rings (SSSR count). The van der Waals surface area contributed by atoms with E-state index in [0.29, 0.717) is 15.2 Å². The zero-order valence-corrected chi connectivity index (χ0v) is 10.6. The number of hydrogen-bond donors (Lipinski definition) is 0. The summed E-state index contributed by atoms with van der Waals surface area (Å²) in [7, 11) is 0. The molecule has 0 heterocycles. The SMILES string of the molecule is Clc1ccc(OC(Cl)(Cl)Cl)cc1Br. The number of hydrogen-bond acceptors (Lipinski definition) is 1. The molecule has 0 saturated heterocycles. The van der Waals surface area contributed by atoms with Crippen molar-refractivity contribution in [1.29, 1.82) is 0 Å². The van der Waals surface area contributed by atoms with E-state index in [1.165, 1.54) is 0 Å². The third-order valence-electron chi connectivity index (χ3n) is 1.12. The van der Waals surface area contributed by atoms with Crippen molar-refractivity contribution in [2.75, 3.05) is 0 Å². The van der Waals surface area contributed by atoms with E-state index in [2.05, 4.69) is 15.9 Å². The molecule has 6 heteroatoms. The molecule has 1 aromatic carbocycles. The quantitative estimate of drug-likeness (QED) is 0.674. The summed E-state index contributed by atoms with van der Waals surface area (Å²) >= 11 is 25.2. The van der Waals surface area contributed by atoms with Gasteiger partial charge in [-0.15, -0.1) is 0 Å². The standard InChI is InChI=1S/C7H3BrCl4O/c8-5-3-4(1-2-6(5)9)13-7(10,11)12/h1-3H. The lowest BCUT2D eigenvalue weighted by Crippen LogP contribution is -2.12. The summed E-state index contributed by atoms with van der Waals surface area (Å²) in [5.74, 6) is 0.427. The summed E-state index contributed by atoms with van der Waals surface area (Å²) in [6, 6.07) is 4.86. The summed E-state index contributed by atoms with van der Waals surface area (Å²) in [4.78, 5) is 0. The number of halogens is 5. The van der Waals surface area contributed by atoms with E-state index in [1.54, 1.807) is 18.2 Å². The van der Waals surface area contributed by atoms with Crippen LogP contribution in [0, 0.1) is 0 Å². The highest BCUT2D eigenvalue weighted by Crippen LogP contribution is 2.33.